The van der Waals surface area contributed by atoms with Crippen LogP contribution in [0, 0.1) is 18.6 Å². The van der Waals surface area contributed by atoms with E-state index in [2.05, 4.69) is 9.97 Å². The lowest BCUT2D eigenvalue weighted by molar-refractivity contribution is 0.575. The van der Waals surface area contributed by atoms with Crippen molar-refractivity contribution in [2.24, 2.45) is 5.73 Å². The molecule has 1 heterocycles. The average Bonchev–Trinajstić information content (AvgIpc) is 2.28. The van der Waals surface area contributed by atoms with Crippen molar-refractivity contribution in [3.05, 3.63) is 59.2 Å². The highest BCUT2D eigenvalue weighted by Crippen LogP contribution is 2.15. The van der Waals surface area contributed by atoms with Crippen molar-refractivity contribution in [2.75, 3.05) is 0 Å². The van der Waals surface area contributed by atoms with E-state index in [0.717, 1.165) is 11.8 Å². The first-order valence-corrected chi connectivity index (χ1v) is 5.53. The zero-order valence-corrected chi connectivity index (χ0v) is 9.90. The highest BCUT2D eigenvalue weighted by Gasteiger charge is 2.10. The number of benzene rings is 1. The molecule has 3 nitrogen and oxygen atoms in total. The third-order valence-electron chi connectivity index (χ3n) is 2.56. The molecule has 0 spiro atoms. The van der Waals surface area contributed by atoms with Gasteiger partial charge in [-0.2, -0.15) is 0 Å². The second-order valence-electron chi connectivity index (χ2n) is 4.17. The Labute approximate surface area is 104 Å². The molecule has 2 aromatic rings. The number of nitrogens with two attached hydrogens (primary N) is 1. The fourth-order valence-electron chi connectivity index (χ4n) is 1.68. The number of halogens is 2. The molecule has 0 amide bonds. The topological polar surface area (TPSA) is 51.8 Å². The van der Waals surface area contributed by atoms with Gasteiger partial charge in [0, 0.05) is 12.3 Å². The number of aromatic nitrogens is 2. The van der Waals surface area contributed by atoms with Crippen LogP contribution in [-0.4, -0.2) is 9.97 Å². The smallest absolute Gasteiger partial charge is 0.126 e. The molecule has 1 aromatic heterocycles. The summed E-state index contributed by atoms with van der Waals surface area (Å²) in [4.78, 5) is 8.23. The van der Waals surface area contributed by atoms with Gasteiger partial charge in [-0.1, -0.05) is 0 Å². The van der Waals surface area contributed by atoms with E-state index in [1.165, 1.54) is 12.1 Å². The maximum absolute atomic E-state index is 13.0. The van der Waals surface area contributed by atoms with Crippen molar-refractivity contribution in [2.45, 2.75) is 19.4 Å². The molecule has 0 aliphatic carbocycles. The first-order chi connectivity index (χ1) is 8.54. The number of aryl methyl sites for hydroxylation is 1. The lowest BCUT2D eigenvalue weighted by atomic mass is 10.0. The minimum Gasteiger partial charge on any atom is -0.322 e. The average molecular weight is 249 g/mol. The Morgan fingerprint density at radius 1 is 1.11 bits per heavy atom. The van der Waals surface area contributed by atoms with Crippen LogP contribution in [0.2, 0.25) is 0 Å². The van der Waals surface area contributed by atoms with Crippen molar-refractivity contribution >= 4 is 0 Å². The van der Waals surface area contributed by atoms with E-state index in [0.29, 0.717) is 17.7 Å². The maximum atomic E-state index is 13.0. The highest BCUT2D eigenvalue weighted by molar-refractivity contribution is 5.20. The molecule has 18 heavy (non-hydrogen) atoms. The molecule has 0 saturated carbocycles. The molecule has 0 fully saturated rings. The van der Waals surface area contributed by atoms with Crippen LogP contribution in [-0.2, 0) is 6.42 Å². The van der Waals surface area contributed by atoms with Crippen LogP contribution >= 0.6 is 0 Å². The van der Waals surface area contributed by atoms with Gasteiger partial charge in [0.15, 0.2) is 0 Å². The molecule has 1 aromatic carbocycles. The van der Waals surface area contributed by atoms with E-state index >= 15 is 0 Å². The molecule has 0 saturated heterocycles. The van der Waals surface area contributed by atoms with Crippen LogP contribution in [0.1, 0.15) is 23.0 Å². The molecule has 1 atom stereocenters. The molecule has 0 aliphatic rings. The molecule has 94 valence electrons. The third-order valence-corrected chi connectivity index (χ3v) is 2.56. The van der Waals surface area contributed by atoms with Crippen molar-refractivity contribution in [1.82, 2.24) is 9.97 Å². The predicted molar refractivity (Wildman–Crippen MR) is 63.8 cm³/mol. The summed E-state index contributed by atoms with van der Waals surface area (Å²) in [5.41, 5.74) is 7.83. The second-order valence-corrected chi connectivity index (χ2v) is 4.17. The fourth-order valence-corrected chi connectivity index (χ4v) is 1.68. The van der Waals surface area contributed by atoms with Crippen LogP contribution in [0.15, 0.2) is 30.6 Å². The van der Waals surface area contributed by atoms with E-state index in [1.54, 1.807) is 12.4 Å². The summed E-state index contributed by atoms with van der Waals surface area (Å²) in [5.74, 6) is -1.21. The monoisotopic (exact) mass is 249 g/mol. The van der Waals surface area contributed by atoms with Crippen LogP contribution in [0.3, 0.4) is 0 Å². The Kier molecular flexibility index (Phi) is 3.62. The molecule has 2 N–H and O–H groups in total. The van der Waals surface area contributed by atoms with Gasteiger partial charge in [-0.3, -0.25) is 9.97 Å². The van der Waals surface area contributed by atoms with Crippen LogP contribution < -0.4 is 5.73 Å². The maximum Gasteiger partial charge on any atom is 0.126 e. The van der Waals surface area contributed by atoms with Gasteiger partial charge < -0.3 is 5.73 Å². The predicted octanol–water partition coefficient (Wildman–Crippen LogP) is 2.31. The summed E-state index contributed by atoms with van der Waals surface area (Å²) >= 11 is 0. The Balaban J connectivity index is 2.15. The van der Waals surface area contributed by atoms with Crippen molar-refractivity contribution in [3.8, 4) is 0 Å². The Bertz CT molecular complexity index is 520. The second kappa shape index (κ2) is 5.18. The number of rotatable bonds is 3. The van der Waals surface area contributed by atoms with E-state index in [9.17, 15) is 8.78 Å². The van der Waals surface area contributed by atoms with Gasteiger partial charge in [-0.25, -0.2) is 8.78 Å². The molecular formula is C13H13F2N3. The fraction of sp³-hybridized carbons (Fsp3) is 0.231. The van der Waals surface area contributed by atoms with Crippen LogP contribution in [0.4, 0.5) is 8.78 Å². The molecular weight excluding hydrogens is 236 g/mol. The summed E-state index contributed by atoms with van der Waals surface area (Å²) in [7, 11) is 0. The zero-order valence-electron chi connectivity index (χ0n) is 9.90. The summed E-state index contributed by atoms with van der Waals surface area (Å²) in [6, 6.07) is 2.94. The van der Waals surface area contributed by atoms with Gasteiger partial charge in [0.05, 0.1) is 23.6 Å². The van der Waals surface area contributed by atoms with E-state index in [1.807, 2.05) is 6.92 Å². The number of hydrogen-bond acceptors (Lipinski definition) is 3. The van der Waals surface area contributed by atoms with Crippen LogP contribution in [0.25, 0.3) is 0 Å². The lowest BCUT2D eigenvalue weighted by Crippen LogP contribution is -2.15. The van der Waals surface area contributed by atoms with Gasteiger partial charge in [0.25, 0.3) is 0 Å². The molecule has 1 unspecified atom stereocenters. The Hall–Kier alpha value is -1.88. The number of hydrogen-bond donors (Lipinski definition) is 1. The highest BCUT2D eigenvalue weighted by atomic mass is 19.1. The van der Waals surface area contributed by atoms with Gasteiger partial charge in [-0.05, 0) is 31.0 Å². The minimum absolute atomic E-state index is 0.312. The van der Waals surface area contributed by atoms with Gasteiger partial charge in [-0.15, -0.1) is 0 Å². The Morgan fingerprint density at radius 3 is 2.33 bits per heavy atom. The van der Waals surface area contributed by atoms with E-state index in [4.69, 9.17) is 5.73 Å². The van der Waals surface area contributed by atoms with Gasteiger partial charge in [0.1, 0.15) is 11.6 Å². The van der Waals surface area contributed by atoms with Gasteiger partial charge in [0.2, 0.25) is 0 Å². The first kappa shape index (κ1) is 12.6. The normalized spacial score (nSPS) is 12.4. The molecule has 2 rings (SSSR count). The number of nitrogens with zero attached hydrogens (tertiary/aromatic N) is 2. The van der Waals surface area contributed by atoms with Crippen molar-refractivity contribution < 1.29 is 8.78 Å². The standard InChI is InChI=1S/C13H13F2N3/c1-8-6-18-13(7-17-8)12(16)4-9-2-10(14)5-11(15)3-9/h2-3,5-7,12H,4,16H2,1H3. The minimum atomic E-state index is -0.604. The van der Waals surface area contributed by atoms with Crippen molar-refractivity contribution in [3.63, 3.8) is 0 Å². The van der Waals surface area contributed by atoms with Crippen molar-refractivity contribution in [1.29, 1.82) is 0 Å². The summed E-state index contributed by atoms with van der Waals surface area (Å²) in [6.45, 7) is 1.82. The summed E-state index contributed by atoms with van der Waals surface area (Å²) in [5, 5.41) is 0. The molecule has 0 bridgehead atoms. The quantitative estimate of drug-likeness (QED) is 0.908. The lowest BCUT2D eigenvalue weighted by Gasteiger charge is -2.11. The zero-order chi connectivity index (χ0) is 13.1. The van der Waals surface area contributed by atoms with Crippen LogP contribution in [0.5, 0.6) is 0 Å². The molecule has 0 radical (unpaired) electrons. The van der Waals surface area contributed by atoms with E-state index in [-0.39, 0.29) is 0 Å². The largest absolute Gasteiger partial charge is 0.322 e. The Morgan fingerprint density at radius 2 is 1.78 bits per heavy atom. The summed E-state index contributed by atoms with van der Waals surface area (Å²) < 4.78 is 26.1. The third kappa shape index (κ3) is 3.07. The molecule has 0 aliphatic heterocycles. The van der Waals surface area contributed by atoms with Gasteiger partial charge >= 0.3 is 0 Å². The first-order valence-electron chi connectivity index (χ1n) is 5.53. The SMILES string of the molecule is Cc1cnc(C(N)Cc2cc(F)cc(F)c2)cn1. The molecule has 5 heteroatoms. The summed E-state index contributed by atoms with van der Waals surface area (Å²) in [6.07, 6.45) is 3.50. The van der Waals surface area contributed by atoms with E-state index < -0.39 is 17.7 Å².